The minimum absolute atomic E-state index is 0.263. The molecule has 0 fully saturated rings. The van der Waals surface area contributed by atoms with Gasteiger partial charge in [-0.2, -0.15) is 0 Å². The summed E-state index contributed by atoms with van der Waals surface area (Å²) in [5, 5.41) is 0.305. The van der Waals surface area contributed by atoms with Gasteiger partial charge in [0.05, 0.1) is 11.5 Å². The van der Waals surface area contributed by atoms with E-state index in [1.807, 2.05) is 30.3 Å². The molecular formula is C14H13NO3S. The Labute approximate surface area is 114 Å². The van der Waals surface area contributed by atoms with Crippen molar-refractivity contribution in [1.82, 2.24) is 0 Å². The first-order valence-corrected chi connectivity index (χ1v) is 6.60. The number of benzene rings is 1. The molecule has 2 rings (SSSR count). The molecule has 4 nitrogen and oxygen atoms in total. The Morgan fingerprint density at radius 1 is 1.37 bits per heavy atom. The Kier molecular flexibility index (Phi) is 3.97. The summed E-state index contributed by atoms with van der Waals surface area (Å²) in [7, 11) is 0. The zero-order valence-electron chi connectivity index (χ0n) is 10.4. The number of carbonyl (C=O) groups excluding carboxylic acids is 2. The first kappa shape index (κ1) is 13.3. The van der Waals surface area contributed by atoms with Crippen molar-refractivity contribution in [1.29, 1.82) is 0 Å². The monoisotopic (exact) mass is 275 g/mol. The van der Waals surface area contributed by atoms with Crippen LogP contribution in [0.4, 0.5) is 5.00 Å². The van der Waals surface area contributed by atoms with Crippen LogP contribution in [-0.2, 0) is 4.74 Å². The standard InChI is InChI=1S/C14H13NO3S/c1-2-18-14(17)12-11(9-6-4-3-5-7-9)10(8-16)19-13(12)15/h3-8H,2,15H2,1H3. The maximum atomic E-state index is 12.0. The molecule has 0 spiro atoms. The Morgan fingerprint density at radius 3 is 2.63 bits per heavy atom. The van der Waals surface area contributed by atoms with Crippen LogP contribution < -0.4 is 5.73 Å². The number of ether oxygens (including phenoxy) is 1. The lowest BCUT2D eigenvalue weighted by molar-refractivity contribution is 0.0529. The predicted molar refractivity (Wildman–Crippen MR) is 75.5 cm³/mol. The van der Waals surface area contributed by atoms with Crippen LogP contribution in [0.15, 0.2) is 30.3 Å². The van der Waals surface area contributed by atoms with Crippen LogP contribution in [0, 0.1) is 0 Å². The van der Waals surface area contributed by atoms with Gasteiger partial charge in [-0.25, -0.2) is 4.79 Å². The highest BCUT2D eigenvalue weighted by Crippen LogP contribution is 2.38. The fourth-order valence-corrected chi connectivity index (χ4v) is 2.74. The molecule has 0 aliphatic heterocycles. The number of anilines is 1. The first-order chi connectivity index (χ1) is 9.19. The fraction of sp³-hybridized carbons (Fsp3) is 0.143. The molecule has 1 aromatic heterocycles. The summed E-state index contributed by atoms with van der Waals surface area (Å²) < 4.78 is 5.00. The van der Waals surface area contributed by atoms with Gasteiger partial charge >= 0.3 is 5.97 Å². The van der Waals surface area contributed by atoms with Crippen LogP contribution in [0.2, 0.25) is 0 Å². The number of esters is 1. The number of nitrogens with two attached hydrogens (primary N) is 1. The number of rotatable bonds is 4. The minimum Gasteiger partial charge on any atom is -0.462 e. The first-order valence-electron chi connectivity index (χ1n) is 5.79. The Morgan fingerprint density at radius 2 is 2.05 bits per heavy atom. The molecule has 0 radical (unpaired) electrons. The molecule has 0 atom stereocenters. The summed E-state index contributed by atoms with van der Waals surface area (Å²) in [6.45, 7) is 1.99. The van der Waals surface area contributed by atoms with Gasteiger partial charge in [0.1, 0.15) is 10.6 Å². The van der Waals surface area contributed by atoms with E-state index in [1.165, 1.54) is 0 Å². The molecule has 0 saturated heterocycles. The number of hydrogen-bond acceptors (Lipinski definition) is 5. The van der Waals surface area contributed by atoms with Gasteiger partial charge in [0.2, 0.25) is 0 Å². The van der Waals surface area contributed by atoms with Crippen molar-refractivity contribution in [3.63, 3.8) is 0 Å². The summed E-state index contributed by atoms with van der Waals surface area (Å²) >= 11 is 1.10. The number of carbonyl (C=O) groups is 2. The zero-order chi connectivity index (χ0) is 13.8. The van der Waals surface area contributed by atoms with Gasteiger partial charge in [-0.05, 0) is 12.5 Å². The summed E-state index contributed by atoms with van der Waals surface area (Å²) in [5.41, 5.74) is 7.45. The largest absolute Gasteiger partial charge is 0.462 e. The van der Waals surface area contributed by atoms with Crippen molar-refractivity contribution in [2.75, 3.05) is 12.3 Å². The summed E-state index contributed by atoms with van der Waals surface area (Å²) in [5.74, 6) is -0.497. The number of thiophene rings is 1. The molecule has 2 N–H and O–H groups in total. The van der Waals surface area contributed by atoms with Crippen molar-refractivity contribution in [2.45, 2.75) is 6.92 Å². The Balaban J connectivity index is 2.63. The van der Waals surface area contributed by atoms with Crippen molar-refractivity contribution in [3.8, 4) is 11.1 Å². The van der Waals surface area contributed by atoms with Crippen molar-refractivity contribution in [3.05, 3.63) is 40.8 Å². The molecule has 1 aromatic carbocycles. The quantitative estimate of drug-likeness (QED) is 0.688. The molecule has 0 amide bonds. The second-order valence-electron chi connectivity index (χ2n) is 3.78. The SMILES string of the molecule is CCOC(=O)c1c(N)sc(C=O)c1-c1ccccc1. The molecule has 0 unspecified atom stereocenters. The van der Waals surface area contributed by atoms with E-state index in [2.05, 4.69) is 0 Å². The van der Waals surface area contributed by atoms with Crippen LogP contribution in [0.1, 0.15) is 27.0 Å². The van der Waals surface area contributed by atoms with Crippen LogP contribution in [-0.4, -0.2) is 18.9 Å². The Hall–Kier alpha value is -2.14. The lowest BCUT2D eigenvalue weighted by atomic mass is 10.0. The van der Waals surface area contributed by atoms with Gasteiger partial charge < -0.3 is 10.5 Å². The number of hydrogen-bond donors (Lipinski definition) is 1. The van der Waals surface area contributed by atoms with Crippen LogP contribution in [0.3, 0.4) is 0 Å². The lowest BCUT2D eigenvalue weighted by Crippen LogP contribution is -2.07. The number of aldehydes is 1. The van der Waals surface area contributed by atoms with Gasteiger partial charge in [0, 0.05) is 5.56 Å². The molecule has 0 bridgehead atoms. The molecule has 0 aliphatic carbocycles. The minimum atomic E-state index is -0.497. The lowest BCUT2D eigenvalue weighted by Gasteiger charge is -2.06. The third kappa shape index (κ3) is 2.51. The molecule has 0 aliphatic rings. The second-order valence-corrected chi connectivity index (χ2v) is 4.87. The van der Waals surface area contributed by atoms with Crippen LogP contribution in [0.25, 0.3) is 11.1 Å². The smallest absolute Gasteiger partial charge is 0.341 e. The zero-order valence-corrected chi connectivity index (χ0v) is 11.2. The number of nitrogen functional groups attached to an aromatic ring is 1. The molecule has 1 heterocycles. The van der Waals surface area contributed by atoms with Crippen molar-refractivity contribution in [2.24, 2.45) is 0 Å². The van der Waals surface area contributed by atoms with E-state index in [0.717, 1.165) is 16.9 Å². The van der Waals surface area contributed by atoms with Gasteiger partial charge in [0.15, 0.2) is 6.29 Å². The maximum Gasteiger partial charge on any atom is 0.341 e. The van der Waals surface area contributed by atoms with Crippen LogP contribution in [0.5, 0.6) is 0 Å². The average molecular weight is 275 g/mol. The fourth-order valence-electron chi connectivity index (χ4n) is 1.85. The van der Waals surface area contributed by atoms with E-state index in [9.17, 15) is 9.59 Å². The Bertz CT molecular complexity index is 605. The average Bonchev–Trinajstić information content (AvgIpc) is 2.77. The van der Waals surface area contributed by atoms with Crippen molar-refractivity contribution < 1.29 is 14.3 Å². The van der Waals surface area contributed by atoms with Gasteiger partial charge in [-0.15, -0.1) is 11.3 Å². The van der Waals surface area contributed by atoms with Crippen LogP contribution >= 0.6 is 11.3 Å². The molecule has 2 aromatic rings. The molecule has 0 saturated carbocycles. The van der Waals surface area contributed by atoms with E-state index >= 15 is 0 Å². The molecule has 5 heteroatoms. The topological polar surface area (TPSA) is 69.4 Å². The van der Waals surface area contributed by atoms with E-state index in [-0.39, 0.29) is 12.2 Å². The highest BCUT2D eigenvalue weighted by molar-refractivity contribution is 7.18. The summed E-state index contributed by atoms with van der Waals surface area (Å²) in [4.78, 5) is 23.6. The third-order valence-electron chi connectivity index (χ3n) is 2.61. The maximum absolute atomic E-state index is 12.0. The summed E-state index contributed by atoms with van der Waals surface area (Å²) in [6, 6.07) is 9.21. The van der Waals surface area contributed by atoms with Gasteiger partial charge in [-0.1, -0.05) is 30.3 Å². The van der Waals surface area contributed by atoms with E-state index in [1.54, 1.807) is 6.92 Å². The second kappa shape index (κ2) is 5.67. The predicted octanol–water partition coefficient (Wildman–Crippen LogP) is 2.99. The third-order valence-corrected chi connectivity index (χ3v) is 3.56. The van der Waals surface area contributed by atoms with E-state index < -0.39 is 5.97 Å². The van der Waals surface area contributed by atoms with Crippen molar-refractivity contribution >= 4 is 28.6 Å². The normalized spacial score (nSPS) is 10.2. The molecular weight excluding hydrogens is 262 g/mol. The summed E-state index contributed by atoms with van der Waals surface area (Å²) in [6.07, 6.45) is 0.714. The van der Waals surface area contributed by atoms with E-state index in [4.69, 9.17) is 10.5 Å². The van der Waals surface area contributed by atoms with Gasteiger partial charge in [-0.3, -0.25) is 4.79 Å². The molecule has 19 heavy (non-hydrogen) atoms. The van der Waals surface area contributed by atoms with E-state index in [0.29, 0.717) is 21.7 Å². The molecule has 98 valence electrons. The highest BCUT2D eigenvalue weighted by Gasteiger charge is 2.24. The van der Waals surface area contributed by atoms with Gasteiger partial charge in [0.25, 0.3) is 0 Å². The highest BCUT2D eigenvalue weighted by atomic mass is 32.1.